The van der Waals surface area contributed by atoms with Gasteiger partial charge in [0.05, 0.1) is 12.7 Å². The molecule has 2 heterocycles. The van der Waals surface area contributed by atoms with Gasteiger partial charge in [-0.15, -0.1) is 0 Å². The lowest BCUT2D eigenvalue weighted by Crippen LogP contribution is -2.44. The van der Waals surface area contributed by atoms with Gasteiger partial charge in [0.2, 0.25) is 5.91 Å². The smallest absolute Gasteiger partial charge is 0.289 e. The van der Waals surface area contributed by atoms with Crippen LogP contribution in [-0.2, 0) is 4.74 Å². The normalized spacial score (nSPS) is 20.8. The van der Waals surface area contributed by atoms with Gasteiger partial charge >= 0.3 is 0 Å². The van der Waals surface area contributed by atoms with Crippen LogP contribution < -0.4 is 15.6 Å². The van der Waals surface area contributed by atoms with Crippen LogP contribution >= 0.6 is 0 Å². The van der Waals surface area contributed by atoms with Crippen LogP contribution in [0.25, 0.3) is 0 Å². The maximum atomic E-state index is 12.5. The summed E-state index contributed by atoms with van der Waals surface area (Å²) in [5, 5.41) is 29.0. The Morgan fingerprint density at radius 1 is 1.25 bits per heavy atom. The summed E-state index contributed by atoms with van der Waals surface area (Å²) >= 11 is 0. The summed E-state index contributed by atoms with van der Waals surface area (Å²) in [5.74, 6) is -0.961. The maximum Gasteiger partial charge on any atom is 0.289 e. The van der Waals surface area contributed by atoms with Crippen molar-refractivity contribution in [3.63, 3.8) is 0 Å². The van der Waals surface area contributed by atoms with Crippen LogP contribution in [0.1, 0.15) is 33.4 Å². The van der Waals surface area contributed by atoms with E-state index in [-0.39, 0.29) is 12.5 Å². The van der Waals surface area contributed by atoms with E-state index in [4.69, 9.17) is 15.6 Å². The number of aliphatic hydroxyl groups excluding tert-OH is 3. The van der Waals surface area contributed by atoms with Crippen molar-refractivity contribution < 1.29 is 34.2 Å². The molecule has 1 fully saturated rings. The van der Waals surface area contributed by atoms with Crippen LogP contribution in [0.3, 0.4) is 0 Å². The molecule has 150 valence electrons. The molecule has 2 aromatic rings. The number of nitrogens with one attached hydrogen (secondary N) is 1. The third-order valence-electron chi connectivity index (χ3n) is 4.15. The Morgan fingerprint density at radius 2 is 1.96 bits per heavy atom. The van der Waals surface area contributed by atoms with Gasteiger partial charge in [0.1, 0.15) is 11.7 Å². The van der Waals surface area contributed by atoms with Crippen molar-refractivity contribution in [1.82, 2.24) is 0 Å². The van der Waals surface area contributed by atoms with E-state index in [1.807, 2.05) is 0 Å². The first kappa shape index (κ1) is 21.5. The van der Waals surface area contributed by atoms with Crippen LogP contribution in [-0.4, -0.2) is 53.1 Å². The van der Waals surface area contributed by atoms with E-state index < -0.39 is 24.3 Å². The van der Waals surface area contributed by atoms with Gasteiger partial charge in [0.15, 0.2) is 12.4 Å². The third kappa shape index (κ3) is 5.11. The Labute approximate surface area is 162 Å². The van der Waals surface area contributed by atoms with E-state index >= 15 is 0 Å². The molecule has 1 saturated heterocycles. The van der Waals surface area contributed by atoms with Gasteiger partial charge < -0.3 is 31.1 Å². The number of nitrogens with zero attached hydrogens (tertiary/aromatic N) is 1. The third-order valence-corrected chi connectivity index (χ3v) is 4.15. The average molecular weight is 390 g/mol. The van der Waals surface area contributed by atoms with Crippen molar-refractivity contribution in [3.05, 3.63) is 59.9 Å². The van der Waals surface area contributed by atoms with Gasteiger partial charge in [-0.25, -0.2) is 0 Å². The average Bonchev–Trinajstić information content (AvgIpc) is 3.10. The number of aromatic nitrogens is 1. The first-order valence-corrected chi connectivity index (χ1v) is 8.59. The molecule has 0 aliphatic carbocycles. The fourth-order valence-electron chi connectivity index (χ4n) is 2.85. The largest absolute Gasteiger partial charge is 0.400 e. The fourth-order valence-corrected chi connectivity index (χ4v) is 2.85. The summed E-state index contributed by atoms with van der Waals surface area (Å²) in [5.41, 5.74) is 6.33. The number of amides is 2. The number of nitrogens with two attached hydrogens (primary N) is 1. The lowest BCUT2D eigenvalue weighted by Gasteiger charge is -2.11. The van der Waals surface area contributed by atoms with Gasteiger partial charge in [-0.3, -0.25) is 9.59 Å². The second kappa shape index (κ2) is 9.90. The summed E-state index contributed by atoms with van der Waals surface area (Å²) in [4.78, 5) is 23.7. The van der Waals surface area contributed by atoms with E-state index in [0.717, 1.165) is 7.11 Å². The summed E-state index contributed by atoms with van der Waals surface area (Å²) in [6.07, 6.45) is 1.68. The minimum absolute atomic E-state index is 0.176. The highest BCUT2D eigenvalue weighted by Gasteiger charge is 2.40. The minimum atomic E-state index is -0.775. The second-order valence-electron chi connectivity index (χ2n) is 6.07. The number of benzene rings is 1. The summed E-state index contributed by atoms with van der Waals surface area (Å²) < 4.78 is 7.18. The Balaban J connectivity index is 0.00000136. The minimum Gasteiger partial charge on any atom is -0.400 e. The maximum absolute atomic E-state index is 12.5. The Kier molecular flexibility index (Phi) is 7.59. The molecule has 6 N–H and O–H groups in total. The first-order chi connectivity index (χ1) is 13.5. The van der Waals surface area contributed by atoms with Gasteiger partial charge in [-0.1, -0.05) is 6.07 Å². The number of hydrogen-bond acceptors (Lipinski definition) is 6. The highest BCUT2D eigenvalue weighted by atomic mass is 16.5. The number of hydrogen-bond donors (Lipinski definition) is 5. The molecule has 1 aliphatic heterocycles. The lowest BCUT2D eigenvalue weighted by molar-refractivity contribution is -0.765. The zero-order valence-corrected chi connectivity index (χ0v) is 15.4. The molecular weight excluding hydrogens is 366 g/mol. The Bertz CT molecular complexity index is 829. The number of ether oxygens (including phenoxy) is 1. The van der Waals surface area contributed by atoms with E-state index in [2.05, 4.69) is 5.32 Å². The predicted molar refractivity (Wildman–Crippen MR) is 99.3 cm³/mol. The number of anilines is 1. The molecule has 2 unspecified atom stereocenters. The molecule has 3 atom stereocenters. The summed E-state index contributed by atoms with van der Waals surface area (Å²) in [7, 11) is 1.00. The Hall–Kier alpha value is -2.85. The number of carbonyl (C=O) groups is 2. The molecule has 1 aliphatic rings. The molecule has 0 saturated carbocycles. The van der Waals surface area contributed by atoms with Gasteiger partial charge in [-0.2, -0.15) is 4.57 Å². The first-order valence-electron chi connectivity index (χ1n) is 8.59. The van der Waals surface area contributed by atoms with Crippen LogP contribution in [0.2, 0.25) is 0 Å². The topological polar surface area (TPSA) is 146 Å². The quantitative estimate of drug-likeness (QED) is 0.438. The molecule has 1 aromatic carbocycles. The molecule has 3 rings (SSSR count). The SMILES string of the molecule is CO.NC(=O)c1cccc(NC(=O)c2ccc[n+](C3OC(CO)C[C@H]3O)c2)c1. The molecule has 9 nitrogen and oxygen atoms in total. The van der Waals surface area contributed by atoms with Crippen molar-refractivity contribution in [1.29, 1.82) is 0 Å². The van der Waals surface area contributed by atoms with E-state index in [0.29, 0.717) is 23.2 Å². The van der Waals surface area contributed by atoms with Crippen LogP contribution in [0.5, 0.6) is 0 Å². The summed E-state index contributed by atoms with van der Waals surface area (Å²) in [6, 6.07) is 9.61. The standard InChI is InChI=1S/C18H19N3O5.CH4O/c19-16(24)11-3-1-5-13(7-11)20-17(25)12-4-2-6-21(9-12)18-15(23)8-14(10-22)26-18;1-2/h1-7,9,14-15,18,22-23H,8,10H2,(H2-,19,20,24,25);2H,1H3/p+1/t14?,15-,18?;/m1./s1. The second-order valence-corrected chi connectivity index (χ2v) is 6.07. The molecule has 0 radical (unpaired) electrons. The van der Waals surface area contributed by atoms with Crippen molar-refractivity contribution in [2.75, 3.05) is 19.0 Å². The number of primary amides is 1. The number of rotatable bonds is 5. The number of aliphatic hydroxyl groups is 3. The van der Waals surface area contributed by atoms with Crippen LogP contribution in [0.4, 0.5) is 5.69 Å². The highest BCUT2D eigenvalue weighted by molar-refractivity contribution is 6.04. The van der Waals surface area contributed by atoms with Crippen molar-refractivity contribution in [2.45, 2.75) is 24.9 Å². The molecule has 0 spiro atoms. The van der Waals surface area contributed by atoms with E-state index in [9.17, 15) is 19.8 Å². The molecule has 0 bridgehead atoms. The molecule has 28 heavy (non-hydrogen) atoms. The van der Waals surface area contributed by atoms with E-state index in [1.54, 1.807) is 47.3 Å². The van der Waals surface area contributed by atoms with Crippen LogP contribution in [0.15, 0.2) is 48.8 Å². The lowest BCUT2D eigenvalue weighted by atomic mass is 10.1. The van der Waals surface area contributed by atoms with Crippen molar-refractivity contribution >= 4 is 17.5 Å². The van der Waals surface area contributed by atoms with Crippen LogP contribution in [0, 0.1) is 0 Å². The molecular formula is C19H24N3O6+. The van der Waals surface area contributed by atoms with Crippen molar-refractivity contribution in [2.24, 2.45) is 5.73 Å². The molecule has 2 amide bonds. The zero-order valence-electron chi connectivity index (χ0n) is 15.4. The monoisotopic (exact) mass is 390 g/mol. The van der Waals surface area contributed by atoms with Gasteiger partial charge in [0.25, 0.3) is 12.1 Å². The molecule has 9 heteroatoms. The molecule has 1 aromatic heterocycles. The van der Waals surface area contributed by atoms with E-state index in [1.165, 1.54) is 6.07 Å². The van der Waals surface area contributed by atoms with Crippen molar-refractivity contribution in [3.8, 4) is 0 Å². The summed E-state index contributed by atoms with van der Waals surface area (Å²) in [6.45, 7) is -0.176. The zero-order chi connectivity index (χ0) is 20.7. The van der Waals surface area contributed by atoms with Gasteiger partial charge in [0, 0.05) is 30.8 Å². The fraction of sp³-hybridized carbons (Fsp3) is 0.316. The highest BCUT2D eigenvalue weighted by Crippen LogP contribution is 2.24. The predicted octanol–water partition coefficient (Wildman–Crippen LogP) is -0.425. The Morgan fingerprint density at radius 3 is 2.61 bits per heavy atom. The number of carbonyl (C=O) groups excluding carboxylic acids is 2. The van der Waals surface area contributed by atoms with Gasteiger partial charge in [-0.05, 0) is 24.3 Å². The number of pyridine rings is 1.